The number of benzene rings is 1. The molecule has 1 N–H and O–H groups in total. The number of carbonyl (C=O) groups is 2. The van der Waals surface area contributed by atoms with E-state index in [1.165, 1.54) is 10.9 Å². The van der Waals surface area contributed by atoms with Crippen LogP contribution >= 0.6 is 0 Å². The van der Waals surface area contributed by atoms with Gasteiger partial charge in [0, 0.05) is 23.6 Å². The van der Waals surface area contributed by atoms with E-state index >= 15 is 0 Å². The van der Waals surface area contributed by atoms with E-state index in [-0.39, 0.29) is 24.7 Å². The van der Waals surface area contributed by atoms with Crippen molar-refractivity contribution in [2.75, 3.05) is 13.1 Å². The van der Waals surface area contributed by atoms with E-state index < -0.39 is 0 Å². The predicted molar refractivity (Wildman–Crippen MR) is 68.2 cm³/mol. The first-order chi connectivity index (χ1) is 8.74. The zero-order valence-corrected chi connectivity index (χ0v) is 9.98. The number of likely N-dealkylation sites (tertiary alicyclic amines) is 1. The smallest absolute Gasteiger partial charge is 0.230 e. The van der Waals surface area contributed by atoms with Crippen molar-refractivity contribution in [1.82, 2.24) is 9.88 Å². The number of aromatic nitrogens is 1. The van der Waals surface area contributed by atoms with E-state index in [2.05, 4.69) is 11.1 Å². The van der Waals surface area contributed by atoms with Gasteiger partial charge in [-0.05, 0) is 18.1 Å². The van der Waals surface area contributed by atoms with Crippen LogP contribution in [0.2, 0.25) is 0 Å². The number of nitrogens with zero attached hydrogens (tertiary/aromatic N) is 1. The minimum atomic E-state index is -0.0418. The Kier molecular flexibility index (Phi) is 2.63. The normalized spacial score (nSPS) is 15.9. The summed E-state index contributed by atoms with van der Waals surface area (Å²) in [4.78, 5) is 27.5. The molecule has 0 unspecified atom stereocenters. The molecule has 18 heavy (non-hydrogen) atoms. The quantitative estimate of drug-likeness (QED) is 0.829. The predicted octanol–water partition coefficient (Wildman–Crippen LogP) is 1.51. The second-order valence-electron chi connectivity index (χ2n) is 4.64. The van der Waals surface area contributed by atoms with E-state index in [9.17, 15) is 9.59 Å². The molecule has 1 aliphatic heterocycles. The molecule has 0 bridgehead atoms. The van der Waals surface area contributed by atoms with E-state index in [4.69, 9.17) is 0 Å². The van der Waals surface area contributed by atoms with E-state index in [0.717, 1.165) is 11.9 Å². The number of fused-ring (bicyclic) bond motifs is 1. The number of H-pyrrole nitrogens is 1. The van der Waals surface area contributed by atoms with Gasteiger partial charge in [-0.3, -0.25) is 9.59 Å². The first kappa shape index (κ1) is 11.0. The fraction of sp³-hybridized carbons (Fsp3) is 0.286. The summed E-state index contributed by atoms with van der Waals surface area (Å²) >= 11 is 0. The van der Waals surface area contributed by atoms with E-state index in [1.54, 1.807) is 4.90 Å². The van der Waals surface area contributed by atoms with Crippen LogP contribution < -0.4 is 0 Å². The highest BCUT2D eigenvalue weighted by Gasteiger charge is 2.26. The molecular weight excluding hydrogens is 228 g/mol. The van der Waals surface area contributed by atoms with Crippen molar-refractivity contribution in [3.05, 3.63) is 36.0 Å². The van der Waals surface area contributed by atoms with Crippen LogP contribution in [0.5, 0.6) is 0 Å². The minimum absolute atomic E-state index is 0.0268. The van der Waals surface area contributed by atoms with Crippen molar-refractivity contribution in [1.29, 1.82) is 0 Å². The largest absolute Gasteiger partial charge is 0.361 e. The number of hydrogen-bond donors (Lipinski definition) is 1. The molecule has 1 aromatic heterocycles. The van der Waals surface area contributed by atoms with Crippen molar-refractivity contribution in [2.24, 2.45) is 0 Å². The van der Waals surface area contributed by atoms with Gasteiger partial charge in [-0.2, -0.15) is 0 Å². The third-order valence-electron chi connectivity index (χ3n) is 3.39. The van der Waals surface area contributed by atoms with Crippen LogP contribution in [0, 0.1) is 0 Å². The number of Topliss-reactive ketones (excluding diaryl/α,β-unsaturated/α-hetero) is 1. The highest BCUT2D eigenvalue weighted by atomic mass is 16.2. The maximum absolute atomic E-state index is 11.5. The van der Waals surface area contributed by atoms with Gasteiger partial charge in [-0.1, -0.05) is 18.2 Å². The Morgan fingerprint density at radius 3 is 2.83 bits per heavy atom. The van der Waals surface area contributed by atoms with Crippen molar-refractivity contribution in [2.45, 2.75) is 12.8 Å². The molecule has 1 aromatic carbocycles. The number of carbonyl (C=O) groups excluding carboxylic acids is 2. The molecule has 1 amide bonds. The maximum atomic E-state index is 11.5. The monoisotopic (exact) mass is 242 g/mol. The number of aromatic amines is 1. The lowest BCUT2D eigenvalue weighted by molar-refractivity contribution is -0.127. The molecule has 2 heterocycles. The summed E-state index contributed by atoms with van der Waals surface area (Å²) in [6.45, 7) is 0.896. The number of amides is 1. The van der Waals surface area contributed by atoms with Gasteiger partial charge in [0.05, 0.1) is 13.0 Å². The first-order valence-electron chi connectivity index (χ1n) is 6.08. The standard InChI is InChI=1S/C14H14N2O2/c17-11-7-14(18)16(9-11)6-5-10-8-15-13-4-2-1-3-12(10)13/h1-4,8,15H,5-7,9H2. The van der Waals surface area contributed by atoms with Gasteiger partial charge in [0.2, 0.25) is 5.91 Å². The Balaban J connectivity index is 1.74. The maximum Gasteiger partial charge on any atom is 0.230 e. The summed E-state index contributed by atoms with van der Waals surface area (Å²) in [6.07, 6.45) is 2.84. The molecule has 0 radical (unpaired) electrons. The molecule has 4 heteroatoms. The van der Waals surface area contributed by atoms with Crippen molar-refractivity contribution < 1.29 is 9.59 Å². The third kappa shape index (κ3) is 1.90. The van der Waals surface area contributed by atoms with Crippen LogP contribution in [0.1, 0.15) is 12.0 Å². The fourth-order valence-electron chi connectivity index (χ4n) is 2.44. The molecule has 0 atom stereocenters. The van der Waals surface area contributed by atoms with Crippen LogP contribution in [0.4, 0.5) is 0 Å². The SMILES string of the molecule is O=C1CC(=O)N(CCc2c[nH]c3ccccc23)C1. The van der Waals surface area contributed by atoms with Gasteiger partial charge in [0.15, 0.2) is 5.78 Å². The molecule has 0 spiro atoms. The summed E-state index contributed by atoms with van der Waals surface area (Å²) in [5.74, 6) is -0.0150. The minimum Gasteiger partial charge on any atom is -0.361 e. The van der Waals surface area contributed by atoms with Crippen LogP contribution in [-0.4, -0.2) is 34.7 Å². The Morgan fingerprint density at radius 2 is 2.06 bits per heavy atom. The van der Waals surface area contributed by atoms with Gasteiger partial charge < -0.3 is 9.88 Å². The van der Waals surface area contributed by atoms with Crippen LogP contribution in [-0.2, 0) is 16.0 Å². The van der Waals surface area contributed by atoms with Crippen LogP contribution in [0.15, 0.2) is 30.5 Å². The fourth-order valence-corrected chi connectivity index (χ4v) is 2.44. The first-order valence-corrected chi connectivity index (χ1v) is 6.08. The Hall–Kier alpha value is -2.10. The number of para-hydroxylation sites is 1. The van der Waals surface area contributed by atoms with Gasteiger partial charge in [0.1, 0.15) is 0 Å². The van der Waals surface area contributed by atoms with Gasteiger partial charge >= 0.3 is 0 Å². The average Bonchev–Trinajstić information content (AvgIpc) is 2.90. The topological polar surface area (TPSA) is 53.2 Å². The Morgan fingerprint density at radius 1 is 1.22 bits per heavy atom. The summed E-state index contributed by atoms with van der Waals surface area (Å²) < 4.78 is 0. The molecule has 1 saturated heterocycles. The molecule has 4 nitrogen and oxygen atoms in total. The van der Waals surface area contributed by atoms with Crippen molar-refractivity contribution in [3.63, 3.8) is 0 Å². The lowest BCUT2D eigenvalue weighted by Gasteiger charge is -2.13. The van der Waals surface area contributed by atoms with Gasteiger partial charge in [0.25, 0.3) is 0 Å². The van der Waals surface area contributed by atoms with E-state index in [0.29, 0.717) is 6.54 Å². The van der Waals surface area contributed by atoms with Gasteiger partial charge in [-0.25, -0.2) is 0 Å². The highest BCUT2D eigenvalue weighted by molar-refractivity contribution is 6.05. The summed E-state index contributed by atoms with van der Waals surface area (Å²) in [7, 11) is 0. The third-order valence-corrected chi connectivity index (χ3v) is 3.39. The average molecular weight is 242 g/mol. The molecule has 1 fully saturated rings. The molecule has 0 saturated carbocycles. The van der Waals surface area contributed by atoms with Crippen LogP contribution in [0.3, 0.4) is 0 Å². The molecule has 1 aliphatic rings. The lowest BCUT2D eigenvalue weighted by atomic mass is 10.1. The molecular formula is C14H14N2O2. The summed E-state index contributed by atoms with van der Waals surface area (Å²) in [5.41, 5.74) is 2.30. The Bertz CT molecular complexity index is 615. The summed E-state index contributed by atoms with van der Waals surface area (Å²) in [6, 6.07) is 8.09. The zero-order chi connectivity index (χ0) is 12.5. The van der Waals surface area contributed by atoms with Crippen molar-refractivity contribution >= 4 is 22.6 Å². The van der Waals surface area contributed by atoms with Crippen molar-refractivity contribution in [3.8, 4) is 0 Å². The molecule has 0 aliphatic carbocycles. The number of rotatable bonds is 3. The Labute approximate surface area is 105 Å². The highest BCUT2D eigenvalue weighted by Crippen LogP contribution is 2.19. The van der Waals surface area contributed by atoms with Crippen LogP contribution in [0.25, 0.3) is 10.9 Å². The molecule has 92 valence electrons. The zero-order valence-electron chi connectivity index (χ0n) is 9.98. The second-order valence-corrected chi connectivity index (χ2v) is 4.64. The van der Waals surface area contributed by atoms with E-state index in [1.807, 2.05) is 24.4 Å². The summed E-state index contributed by atoms with van der Waals surface area (Å²) in [5, 5.41) is 1.19. The molecule has 3 rings (SSSR count). The second kappa shape index (κ2) is 4.29. The lowest BCUT2D eigenvalue weighted by Crippen LogP contribution is -2.27. The van der Waals surface area contributed by atoms with Gasteiger partial charge in [-0.15, -0.1) is 0 Å². The molecule has 2 aromatic rings. The number of hydrogen-bond acceptors (Lipinski definition) is 2. The number of ketones is 1. The number of nitrogens with one attached hydrogen (secondary N) is 1.